The van der Waals surface area contributed by atoms with Gasteiger partial charge in [-0.15, -0.1) is 12.4 Å². The second kappa shape index (κ2) is 9.85. The van der Waals surface area contributed by atoms with Crippen molar-refractivity contribution >= 4 is 18.3 Å². The predicted octanol–water partition coefficient (Wildman–Crippen LogP) is 4.31. The molecular formula is C21H25ClF2N2O2. The van der Waals surface area contributed by atoms with E-state index < -0.39 is 5.82 Å². The smallest absolute Gasteiger partial charge is 0.253 e. The van der Waals surface area contributed by atoms with Gasteiger partial charge in [-0.2, -0.15) is 0 Å². The van der Waals surface area contributed by atoms with Crippen LogP contribution in [0.15, 0.2) is 42.5 Å². The number of carbonyl (C=O) groups is 1. The SMILES string of the molecule is CN(C(=O)c1ccc(F)c(COc2ccc(F)cc2)c1)C1CCC(N)CC1.Cl. The predicted molar refractivity (Wildman–Crippen MR) is 107 cm³/mol. The van der Waals surface area contributed by atoms with Crippen molar-refractivity contribution in [1.29, 1.82) is 0 Å². The normalized spacial score (nSPS) is 18.9. The van der Waals surface area contributed by atoms with Crippen molar-refractivity contribution in [2.75, 3.05) is 7.05 Å². The molecule has 2 aromatic carbocycles. The van der Waals surface area contributed by atoms with E-state index in [0.29, 0.717) is 11.3 Å². The number of nitrogens with two attached hydrogens (primary N) is 1. The fraction of sp³-hybridized carbons (Fsp3) is 0.381. The molecule has 1 aliphatic rings. The number of carbonyl (C=O) groups excluding carboxylic acids is 1. The van der Waals surface area contributed by atoms with Crippen molar-refractivity contribution in [2.24, 2.45) is 5.73 Å². The maximum absolute atomic E-state index is 14.1. The third-order valence-electron chi connectivity index (χ3n) is 5.11. The van der Waals surface area contributed by atoms with Crippen LogP contribution in [-0.2, 0) is 6.61 Å². The van der Waals surface area contributed by atoms with E-state index in [1.54, 1.807) is 11.9 Å². The lowest BCUT2D eigenvalue weighted by Gasteiger charge is -2.33. The van der Waals surface area contributed by atoms with Crippen molar-refractivity contribution in [3.63, 3.8) is 0 Å². The molecule has 3 rings (SSSR count). The third kappa shape index (κ3) is 5.42. The molecule has 2 aromatic rings. The van der Waals surface area contributed by atoms with Gasteiger partial charge in [-0.25, -0.2) is 8.78 Å². The summed E-state index contributed by atoms with van der Waals surface area (Å²) in [6.45, 7) is -0.0411. The molecule has 4 nitrogen and oxygen atoms in total. The number of ether oxygens (including phenoxy) is 1. The largest absolute Gasteiger partial charge is 0.489 e. The lowest BCUT2D eigenvalue weighted by atomic mass is 9.90. The first-order valence-electron chi connectivity index (χ1n) is 9.13. The van der Waals surface area contributed by atoms with Crippen LogP contribution < -0.4 is 10.5 Å². The number of hydrogen-bond donors (Lipinski definition) is 1. The highest BCUT2D eigenvalue weighted by molar-refractivity contribution is 5.94. The van der Waals surface area contributed by atoms with E-state index >= 15 is 0 Å². The lowest BCUT2D eigenvalue weighted by Crippen LogP contribution is -2.41. The Morgan fingerprint density at radius 3 is 2.39 bits per heavy atom. The molecule has 0 atom stereocenters. The van der Waals surface area contributed by atoms with Gasteiger partial charge in [0.25, 0.3) is 5.91 Å². The summed E-state index contributed by atoms with van der Waals surface area (Å²) in [7, 11) is 1.78. The molecule has 0 spiro atoms. The first-order valence-corrected chi connectivity index (χ1v) is 9.13. The maximum Gasteiger partial charge on any atom is 0.253 e. The van der Waals surface area contributed by atoms with Crippen molar-refractivity contribution in [3.05, 3.63) is 65.2 Å². The van der Waals surface area contributed by atoms with Crippen LogP contribution >= 0.6 is 12.4 Å². The van der Waals surface area contributed by atoms with Gasteiger partial charge in [0.05, 0.1) is 0 Å². The molecule has 1 saturated carbocycles. The summed E-state index contributed by atoms with van der Waals surface area (Å²) in [6.07, 6.45) is 3.57. The number of halogens is 3. The summed E-state index contributed by atoms with van der Waals surface area (Å²) in [5.41, 5.74) is 6.63. The highest BCUT2D eigenvalue weighted by Gasteiger charge is 2.26. The average Bonchev–Trinajstić information content (AvgIpc) is 2.68. The number of rotatable bonds is 5. The van der Waals surface area contributed by atoms with E-state index in [1.807, 2.05) is 0 Å². The molecule has 7 heteroatoms. The highest BCUT2D eigenvalue weighted by atomic mass is 35.5. The molecule has 1 amide bonds. The van der Waals surface area contributed by atoms with Gasteiger partial charge in [-0.05, 0) is 68.1 Å². The summed E-state index contributed by atoms with van der Waals surface area (Å²) in [6, 6.07) is 10.2. The van der Waals surface area contributed by atoms with Gasteiger partial charge in [-0.3, -0.25) is 4.79 Å². The molecule has 0 heterocycles. The van der Waals surface area contributed by atoms with Crippen molar-refractivity contribution in [3.8, 4) is 5.75 Å². The Labute approximate surface area is 170 Å². The van der Waals surface area contributed by atoms with E-state index in [0.717, 1.165) is 25.7 Å². The molecule has 28 heavy (non-hydrogen) atoms. The van der Waals surface area contributed by atoms with Crippen LogP contribution in [0.4, 0.5) is 8.78 Å². The zero-order chi connectivity index (χ0) is 19.4. The van der Waals surface area contributed by atoms with Crippen LogP contribution in [0.25, 0.3) is 0 Å². The summed E-state index contributed by atoms with van der Waals surface area (Å²) in [5.74, 6) is -0.519. The fourth-order valence-corrected chi connectivity index (χ4v) is 3.37. The standard InChI is InChI=1S/C21H24F2N2O2.ClH/c1-25(18-7-5-17(24)6-8-18)21(26)14-2-11-20(23)15(12-14)13-27-19-9-3-16(22)4-10-19;/h2-4,9-12,17-18H,5-8,13,24H2,1H3;1H. The van der Waals surface area contributed by atoms with Gasteiger partial charge < -0.3 is 15.4 Å². The number of hydrogen-bond acceptors (Lipinski definition) is 3. The lowest BCUT2D eigenvalue weighted by molar-refractivity contribution is 0.0689. The second-order valence-corrected chi connectivity index (χ2v) is 7.03. The Morgan fingerprint density at radius 2 is 1.75 bits per heavy atom. The number of benzene rings is 2. The summed E-state index contributed by atoms with van der Waals surface area (Å²) in [4.78, 5) is 14.5. The van der Waals surface area contributed by atoms with Crippen LogP contribution in [0.3, 0.4) is 0 Å². The quantitative estimate of drug-likeness (QED) is 0.799. The molecular weight excluding hydrogens is 386 g/mol. The minimum Gasteiger partial charge on any atom is -0.489 e. The molecule has 0 aromatic heterocycles. The minimum absolute atomic E-state index is 0. The van der Waals surface area contributed by atoms with Crippen molar-refractivity contribution in [2.45, 2.75) is 44.4 Å². The van der Waals surface area contributed by atoms with Crippen molar-refractivity contribution in [1.82, 2.24) is 4.90 Å². The zero-order valence-electron chi connectivity index (χ0n) is 15.7. The third-order valence-corrected chi connectivity index (χ3v) is 5.11. The van der Waals surface area contributed by atoms with E-state index in [4.69, 9.17) is 10.5 Å². The minimum atomic E-state index is -0.444. The monoisotopic (exact) mass is 410 g/mol. The zero-order valence-corrected chi connectivity index (χ0v) is 16.6. The molecule has 0 unspecified atom stereocenters. The Kier molecular flexibility index (Phi) is 7.78. The topological polar surface area (TPSA) is 55.6 Å². The Hall–Kier alpha value is -2.18. The molecule has 0 bridgehead atoms. The van der Waals surface area contributed by atoms with Gasteiger partial charge in [0.1, 0.15) is 24.0 Å². The van der Waals surface area contributed by atoms with Gasteiger partial charge in [0, 0.05) is 30.3 Å². The van der Waals surface area contributed by atoms with E-state index in [2.05, 4.69) is 0 Å². The molecule has 2 N–H and O–H groups in total. The van der Waals surface area contributed by atoms with Crippen LogP contribution in [0.2, 0.25) is 0 Å². The van der Waals surface area contributed by atoms with Gasteiger partial charge >= 0.3 is 0 Å². The molecule has 0 radical (unpaired) electrons. The van der Waals surface area contributed by atoms with E-state index in [1.165, 1.54) is 42.5 Å². The first kappa shape index (κ1) is 22.1. The van der Waals surface area contributed by atoms with Gasteiger partial charge in [-0.1, -0.05) is 0 Å². The number of amides is 1. The first-order chi connectivity index (χ1) is 12.9. The summed E-state index contributed by atoms with van der Waals surface area (Å²) < 4.78 is 32.6. The molecule has 1 aliphatic carbocycles. The molecule has 0 aliphatic heterocycles. The van der Waals surface area contributed by atoms with Gasteiger partial charge in [0.15, 0.2) is 0 Å². The van der Waals surface area contributed by atoms with Crippen molar-refractivity contribution < 1.29 is 18.3 Å². The Bertz CT molecular complexity index is 793. The summed E-state index contributed by atoms with van der Waals surface area (Å²) >= 11 is 0. The highest BCUT2D eigenvalue weighted by Crippen LogP contribution is 2.23. The summed E-state index contributed by atoms with van der Waals surface area (Å²) in [5, 5.41) is 0. The fourth-order valence-electron chi connectivity index (χ4n) is 3.37. The van der Waals surface area contributed by atoms with Gasteiger partial charge in [0.2, 0.25) is 0 Å². The molecule has 1 fully saturated rings. The molecule has 152 valence electrons. The maximum atomic E-state index is 14.1. The Morgan fingerprint density at radius 1 is 1.11 bits per heavy atom. The average molecular weight is 411 g/mol. The van der Waals surface area contributed by atoms with Crippen LogP contribution in [0, 0.1) is 11.6 Å². The number of nitrogens with zero attached hydrogens (tertiary/aromatic N) is 1. The van der Waals surface area contributed by atoms with Crippen LogP contribution in [0.1, 0.15) is 41.6 Å². The second-order valence-electron chi connectivity index (χ2n) is 7.03. The van der Waals surface area contributed by atoms with Crippen LogP contribution in [-0.4, -0.2) is 29.9 Å². The Balaban J connectivity index is 0.00000280. The molecule has 0 saturated heterocycles. The van der Waals surface area contributed by atoms with E-state index in [9.17, 15) is 13.6 Å². The van der Waals surface area contributed by atoms with Crippen LogP contribution in [0.5, 0.6) is 5.75 Å². The van der Waals surface area contributed by atoms with E-state index in [-0.39, 0.29) is 48.4 Å².